The number of carbonyl (C=O) groups is 4. The van der Waals surface area contributed by atoms with E-state index >= 15 is 0 Å². The van der Waals surface area contributed by atoms with E-state index < -0.39 is 0 Å². The van der Waals surface area contributed by atoms with Crippen LogP contribution in [0.15, 0.2) is 114 Å². The predicted octanol–water partition coefficient (Wildman–Crippen LogP) is 8.62. The summed E-state index contributed by atoms with van der Waals surface area (Å²) in [5.74, 6) is 0. The zero-order valence-electron chi connectivity index (χ0n) is 21.0. The van der Waals surface area contributed by atoms with Crippen molar-refractivity contribution in [3.8, 4) is 0 Å². The molecule has 2 rings (SSSR count). The fourth-order valence-corrected chi connectivity index (χ4v) is 7.27. The van der Waals surface area contributed by atoms with Gasteiger partial charge < -0.3 is 0 Å². The number of carbonyl (C=O) groups excluding carboxylic acids is 4. The molecule has 2 aromatic rings. The van der Waals surface area contributed by atoms with Crippen molar-refractivity contribution in [1.82, 2.24) is 0 Å². The van der Waals surface area contributed by atoms with Crippen LogP contribution in [0.25, 0.3) is 0 Å². The summed E-state index contributed by atoms with van der Waals surface area (Å²) in [7, 11) is 0. The fourth-order valence-electron chi connectivity index (χ4n) is 2.37. The average molecular weight is 587 g/mol. The maximum Gasteiger partial charge on any atom is 0.219 e. The maximum atomic E-state index is 12.7. The average Bonchev–Trinajstić information content (AvgIpc) is 2.82. The van der Waals surface area contributed by atoms with Crippen LogP contribution in [0.5, 0.6) is 0 Å². The highest BCUT2D eigenvalue weighted by Gasteiger charge is 2.22. The molecule has 192 valence electrons. The topological polar surface area (TPSA) is 68.3 Å². The van der Waals surface area contributed by atoms with E-state index in [9.17, 15) is 19.2 Å². The van der Waals surface area contributed by atoms with Gasteiger partial charge in [-0.3, -0.25) is 19.2 Å². The molecule has 0 spiro atoms. The zero-order valence-corrected chi connectivity index (χ0v) is 25.0. The lowest BCUT2D eigenvalue weighted by Gasteiger charge is -2.16. The summed E-state index contributed by atoms with van der Waals surface area (Å²) in [5, 5.41) is -0.847. The monoisotopic (exact) mass is 586 g/mol. The zero-order chi connectivity index (χ0) is 27.9. The molecule has 0 unspecified atom stereocenters. The van der Waals surface area contributed by atoms with Crippen LogP contribution < -0.4 is 0 Å². The van der Waals surface area contributed by atoms with E-state index in [0.717, 1.165) is 56.8 Å². The standard InChI is InChI=1S/C28H26O4S5/c1-15(2)25(29)34-21-13-9-11-19(23(21)36-27(31)17(5)6)33-20-12-10-14-22(35-26(30)16(3)4)24(20)37-28(32)18(7)8/h9-14H,1,3,5,7H2,2,4,6,8H3. The van der Waals surface area contributed by atoms with E-state index in [1.54, 1.807) is 52.0 Å². The molecule has 9 heteroatoms. The highest BCUT2D eigenvalue weighted by atomic mass is 32.2. The molecule has 4 nitrogen and oxygen atoms in total. The van der Waals surface area contributed by atoms with Gasteiger partial charge in [0.1, 0.15) is 0 Å². The van der Waals surface area contributed by atoms with Crippen LogP contribution in [0.2, 0.25) is 0 Å². The molecule has 0 fully saturated rings. The van der Waals surface area contributed by atoms with Gasteiger partial charge in [-0.05, 0) is 121 Å². The van der Waals surface area contributed by atoms with Crippen molar-refractivity contribution in [2.45, 2.75) is 57.1 Å². The summed E-state index contributed by atoms with van der Waals surface area (Å²) in [6.45, 7) is 21.5. The quantitative estimate of drug-likeness (QED) is 0.201. The van der Waals surface area contributed by atoms with Gasteiger partial charge in [-0.15, -0.1) is 0 Å². The van der Waals surface area contributed by atoms with Crippen molar-refractivity contribution in [1.29, 1.82) is 0 Å². The molecule has 0 N–H and O–H groups in total. The Morgan fingerprint density at radius 2 is 0.757 bits per heavy atom. The van der Waals surface area contributed by atoms with Crippen LogP contribution in [-0.2, 0) is 19.2 Å². The third kappa shape index (κ3) is 8.97. The summed E-state index contributed by atoms with van der Waals surface area (Å²) in [4.78, 5) is 54.1. The third-order valence-electron chi connectivity index (χ3n) is 4.29. The molecule has 0 radical (unpaired) electrons. The predicted molar refractivity (Wildman–Crippen MR) is 160 cm³/mol. The van der Waals surface area contributed by atoms with Gasteiger partial charge in [-0.2, -0.15) is 0 Å². The molecule has 37 heavy (non-hydrogen) atoms. The van der Waals surface area contributed by atoms with E-state index in [1.807, 2.05) is 12.1 Å². The summed E-state index contributed by atoms with van der Waals surface area (Å²) >= 11 is 5.36. The van der Waals surface area contributed by atoms with E-state index in [1.165, 1.54) is 11.8 Å². The van der Waals surface area contributed by atoms with Crippen LogP contribution >= 0.6 is 58.8 Å². The molecule has 0 aliphatic carbocycles. The molecule has 0 aromatic heterocycles. The van der Waals surface area contributed by atoms with Crippen molar-refractivity contribution < 1.29 is 19.2 Å². The van der Waals surface area contributed by atoms with E-state index in [2.05, 4.69) is 26.3 Å². The lowest BCUT2D eigenvalue weighted by atomic mass is 10.3. The van der Waals surface area contributed by atoms with E-state index in [0.29, 0.717) is 41.9 Å². The highest BCUT2D eigenvalue weighted by molar-refractivity contribution is 8.18. The molecule has 0 saturated heterocycles. The molecule has 0 saturated carbocycles. The molecule has 0 bridgehead atoms. The number of benzene rings is 2. The molecular weight excluding hydrogens is 561 g/mol. The second-order valence-corrected chi connectivity index (χ2v) is 13.0. The SMILES string of the molecule is C=C(C)C(=O)Sc1cccc(Sc2cccc(SC(=O)C(=C)C)c2SC(=O)C(=C)C)c1SC(=O)C(=C)C. The van der Waals surface area contributed by atoms with Gasteiger partial charge in [0.05, 0.1) is 0 Å². The largest absolute Gasteiger partial charge is 0.282 e. The minimum atomic E-state index is -0.221. The Labute approximate surface area is 239 Å². The van der Waals surface area contributed by atoms with Crippen molar-refractivity contribution in [3.63, 3.8) is 0 Å². The number of thioether (sulfide) groups is 4. The number of rotatable bonds is 10. The van der Waals surface area contributed by atoms with Gasteiger partial charge >= 0.3 is 0 Å². The van der Waals surface area contributed by atoms with Crippen molar-refractivity contribution in [2.75, 3.05) is 0 Å². The first-order valence-electron chi connectivity index (χ1n) is 10.8. The number of hydrogen-bond donors (Lipinski definition) is 0. The lowest BCUT2D eigenvalue weighted by Crippen LogP contribution is -1.98. The molecule has 0 aliphatic rings. The summed E-state index contributed by atoms with van der Waals surface area (Å²) in [6.07, 6.45) is 0. The Bertz CT molecular complexity index is 1240. The van der Waals surface area contributed by atoms with Crippen molar-refractivity contribution in [2.24, 2.45) is 0 Å². The van der Waals surface area contributed by atoms with Crippen molar-refractivity contribution in [3.05, 3.63) is 85.0 Å². The van der Waals surface area contributed by atoms with Gasteiger partial charge in [0, 0.05) is 29.4 Å². The number of hydrogen-bond acceptors (Lipinski definition) is 9. The molecule has 0 atom stereocenters. The van der Waals surface area contributed by atoms with Crippen LogP contribution in [0.3, 0.4) is 0 Å². The molecule has 0 heterocycles. The summed E-state index contributed by atoms with van der Waals surface area (Å²) in [6, 6.07) is 10.9. The minimum Gasteiger partial charge on any atom is -0.282 e. The van der Waals surface area contributed by atoms with Crippen molar-refractivity contribution >= 4 is 79.3 Å². The Morgan fingerprint density at radius 3 is 1.05 bits per heavy atom. The van der Waals surface area contributed by atoms with Gasteiger partial charge in [-0.25, -0.2) is 0 Å². The summed E-state index contributed by atoms with van der Waals surface area (Å²) in [5.41, 5.74) is 1.56. The Morgan fingerprint density at radius 1 is 0.486 bits per heavy atom. The first kappa shape index (κ1) is 31.1. The van der Waals surface area contributed by atoms with E-state index in [4.69, 9.17) is 0 Å². The molecule has 0 aliphatic heterocycles. The van der Waals surface area contributed by atoms with Crippen LogP contribution in [0, 0.1) is 0 Å². The Balaban J connectivity index is 2.65. The summed E-state index contributed by atoms with van der Waals surface area (Å²) < 4.78 is 0. The third-order valence-corrected chi connectivity index (χ3v) is 10.5. The smallest absolute Gasteiger partial charge is 0.219 e. The normalized spacial score (nSPS) is 10.5. The van der Waals surface area contributed by atoms with Crippen LogP contribution in [-0.4, -0.2) is 20.5 Å². The lowest BCUT2D eigenvalue weighted by molar-refractivity contribution is -0.108. The Hall–Kier alpha value is -2.17. The second kappa shape index (κ2) is 14.1. The van der Waals surface area contributed by atoms with Gasteiger partial charge in [0.25, 0.3) is 0 Å². The van der Waals surface area contributed by atoms with Crippen LogP contribution in [0.1, 0.15) is 27.7 Å². The molecular formula is C28H26O4S5. The first-order valence-corrected chi connectivity index (χ1v) is 14.8. The fraction of sp³-hybridized carbons (Fsp3) is 0.143. The molecule has 0 amide bonds. The molecule has 2 aromatic carbocycles. The maximum absolute atomic E-state index is 12.7. The highest BCUT2D eigenvalue weighted by Crippen LogP contribution is 2.47. The second-order valence-electron chi connectivity index (χ2n) is 7.95. The van der Waals surface area contributed by atoms with Crippen LogP contribution in [0.4, 0.5) is 0 Å². The van der Waals surface area contributed by atoms with Gasteiger partial charge in [-0.1, -0.05) is 50.2 Å². The van der Waals surface area contributed by atoms with Gasteiger partial charge in [0.15, 0.2) is 0 Å². The van der Waals surface area contributed by atoms with E-state index in [-0.39, 0.29) is 20.5 Å². The van der Waals surface area contributed by atoms with Gasteiger partial charge in [0.2, 0.25) is 20.5 Å². The Kier molecular flexibility index (Phi) is 11.8. The minimum absolute atomic E-state index is 0.202. The first-order chi connectivity index (χ1) is 17.3.